The molecule has 2 rings (SSSR count). The summed E-state index contributed by atoms with van der Waals surface area (Å²) in [4.78, 5) is 17.7. The van der Waals surface area contributed by atoms with Crippen molar-refractivity contribution in [3.8, 4) is 0 Å². The van der Waals surface area contributed by atoms with Crippen LogP contribution in [0.2, 0.25) is 0 Å². The topological polar surface area (TPSA) is 80.5 Å². The van der Waals surface area contributed by atoms with E-state index in [0.29, 0.717) is 19.2 Å². The number of likely N-dealkylation sites (tertiary alicyclic amines) is 1. The molecular weight excluding hydrogens is 264 g/mol. The molecule has 1 amide bonds. The molecule has 1 aliphatic rings. The van der Waals surface area contributed by atoms with E-state index in [2.05, 4.69) is 10.3 Å². The second-order valence-electron chi connectivity index (χ2n) is 4.45. The average molecular weight is 284 g/mol. The van der Waals surface area contributed by atoms with Gasteiger partial charge < -0.3 is 20.7 Å². The number of amides is 1. The van der Waals surface area contributed by atoms with Gasteiger partial charge in [0.15, 0.2) is 5.13 Å². The van der Waals surface area contributed by atoms with Crippen molar-refractivity contribution in [2.24, 2.45) is 5.73 Å². The van der Waals surface area contributed by atoms with Crippen LogP contribution in [0.5, 0.6) is 0 Å². The third-order valence-corrected chi connectivity index (χ3v) is 3.93. The highest BCUT2D eigenvalue weighted by Crippen LogP contribution is 2.20. The van der Waals surface area contributed by atoms with Gasteiger partial charge in [0.05, 0.1) is 12.3 Å². The van der Waals surface area contributed by atoms with E-state index in [9.17, 15) is 4.79 Å². The third-order valence-electron chi connectivity index (χ3n) is 3.11. The van der Waals surface area contributed by atoms with Crippen LogP contribution in [0.1, 0.15) is 25.5 Å². The minimum Gasteiger partial charge on any atom is -0.450 e. The lowest BCUT2D eigenvalue weighted by Gasteiger charge is -2.31. The van der Waals surface area contributed by atoms with Gasteiger partial charge in [-0.3, -0.25) is 0 Å². The first-order chi connectivity index (χ1) is 9.22. The van der Waals surface area contributed by atoms with Crippen LogP contribution in [0, 0.1) is 0 Å². The van der Waals surface area contributed by atoms with Crippen molar-refractivity contribution in [3.63, 3.8) is 0 Å². The summed E-state index contributed by atoms with van der Waals surface area (Å²) in [6, 6.07) is 0.363. The SMILES string of the molecule is CCOC(=O)N1CCC(Nc2nc(CN)cs2)CC1. The lowest BCUT2D eigenvalue weighted by Crippen LogP contribution is -2.42. The van der Waals surface area contributed by atoms with E-state index in [1.807, 2.05) is 12.3 Å². The molecule has 1 fully saturated rings. The van der Waals surface area contributed by atoms with E-state index in [-0.39, 0.29) is 6.09 Å². The maximum absolute atomic E-state index is 11.6. The Morgan fingerprint density at radius 1 is 1.63 bits per heavy atom. The number of carbonyl (C=O) groups is 1. The number of aromatic nitrogens is 1. The first-order valence-electron chi connectivity index (χ1n) is 6.55. The zero-order valence-corrected chi connectivity index (χ0v) is 11.9. The molecule has 0 atom stereocenters. The van der Waals surface area contributed by atoms with Gasteiger partial charge in [0, 0.05) is 31.1 Å². The normalized spacial score (nSPS) is 16.4. The van der Waals surface area contributed by atoms with Gasteiger partial charge in [-0.05, 0) is 19.8 Å². The molecule has 1 aromatic rings. The second-order valence-corrected chi connectivity index (χ2v) is 5.31. The molecule has 0 radical (unpaired) electrons. The summed E-state index contributed by atoms with van der Waals surface area (Å²) in [5.41, 5.74) is 6.45. The number of nitrogens with two attached hydrogens (primary N) is 1. The number of hydrogen-bond donors (Lipinski definition) is 2. The van der Waals surface area contributed by atoms with Gasteiger partial charge in [-0.25, -0.2) is 9.78 Å². The Balaban J connectivity index is 1.78. The van der Waals surface area contributed by atoms with E-state index >= 15 is 0 Å². The maximum Gasteiger partial charge on any atom is 0.409 e. The summed E-state index contributed by atoms with van der Waals surface area (Å²) in [6.45, 7) is 4.18. The number of piperidine rings is 1. The zero-order valence-electron chi connectivity index (χ0n) is 11.1. The van der Waals surface area contributed by atoms with Crippen LogP contribution >= 0.6 is 11.3 Å². The molecule has 2 heterocycles. The summed E-state index contributed by atoms with van der Waals surface area (Å²) in [5, 5.41) is 6.28. The number of nitrogens with zero attached hydrogens (tertiary/aromatic N) is 2. The summed E-state index contributed by atoms with van der Waals surface area (Å²) in [5.74, 6) is 0. The van der Waals surface area contributed by atoms with Gasteiger partial charge in [0.1, 0.15) is 0 Å². The third kappa shape index (κ3) is 3.81. The fraction of sp³-hybridized carbons (Fsp3) is 0.667. The monoisotopic (exact) mass is 284 g/mol. The van der Waals surface area contributed by atoms with Crippen LogP contribution in [0.4, 0.5) is 9.93 Å². The minimum absolute atomic E-state index is 0.208. The molecule has 7 heteroatoms. The molecule has 1 aromatic heterocycles. The molecule has 1 aliphatic heterocycles. The first-order valence-corrected chi connectivity index (χ1v) is 7.43. The quantitative estimate of drug-likeness (QED) is 0.878. The molecule has 0 aromatic carbocycles. The number of nitrogens with one attached hydrogen (secondary N) is 1. The van der Waals surface area contributed by atoms with Crippen LogP contribution in [0.15, 0.2) is 5.38 Å². The fourth-order valence-corrected chi connectivity index (χ4v) is 2.86. The van der Waals surface area contributed by atoms with Crippen molar-refractivity contribution in [1.82, 2.24) is 9.88 Å². The molecule has 0 spiro atoms. The molecule has 3 N–H and O–H groups in total. The first kappa shape index (κ1) is 14.1. The van der Waals surface area contributed by atoms with Crippen molar-refractivity contribution in [2.45, 2.75) is 32.4 Å². The molecule has 106 valence electrons. The largest absolute Gasteiger partial charge is 0.450 e. The van der Waals surface area contributed by atoms with E-state index in [1.54, 1.807) is 16.2 Å². The van der Waals surface area contributed by atoms with Crippen LogP contribution in [-0.2, 0) is 11.3 Å². The van der Waals surface area contributed by atoms with Crippen LogP contribution < -0.4 is 11.1 Å². The standard InChI is InChI=1S/C12H20N4O2S/c1-2-18-12(17)16-5-3-9(4-6-16)14-11-15-10(7-13)8-19-11/h8-9H,2-7,13H2,1H3,(H,14,15). The van der Waals surface area contributed by atoms with Crippen molar-refractivity contribution < 1.29 is 9.53 Å². The number of thiazole rings is 1. The molecule has 0 saturated carbocycles. The minimum atomic E-state index is -0.208. The van der Waals surface area contributed by atoms with Gasteiger partial charge in [0.25, 0.3) is 0 Å². The van der Waals surface area contributed by atoms with Crippen molar-refractivity contribution in [3.05, 3.63) is 11.1 Å². The van der Waals surface area contributed by atoms with Crippen LogP contribution in [-0.4, -0.2) is 41.7 Å². The Morgan fingerprint density at radius 2 is 2.37 bits per heavy atom. The Morgan fingerprint density at radius 3 is 2.95 bits per heavy atom. The molecule has 0 bridgehead atoms. The molecule has 0 aliphatic carbocycles. The number of rotatable bonds is 4. The van der Waals surface area contributed by atoms with E-state index in [1.165, 1.54) is 0 Å². The Bertz CT molecular complexity index is 416. The van der Waals surface area contributed by atoms with Gasteiger partial charge in [-0.1, -0.05) is 0 Å². The summed E-state index contributed by atoms with van der Waals surface area (Å²) in [7, 11) is 0. The maximum atomic E-state index is 11.6. The van der Waals surface area contributed by atoms with E-state index < -0.39 is 0 Å². The molecule has 19 heavy (non-hydrogen) atoms. The average Bonchev–Trinajstić information content (AvgIpc) is 2.87. The van der Waals surface area contributed by atoms with Crippen LogP contribution in [0.3, 0.4) is 0 Å². The predicted molar refractivity (Wildman–Crippen MR) is 75.2 cm³/mol. The van der Waals surface area contributed by atoms with Crippen molar-refractivity contribution >= 4 is 22.6 Å². The van der Waals surface area contributed by atoms with E-state index in [4.69, 9.17) is 10.5 Å². The van der Waals surface area contributed by atoms with Crippen molar-refractivity contribution in [2.75, 3.05) is 25.0 Å². The smallest absolute Gasteiger partial charge is 0.409 e. The number of ether oxygens (including phenoxy) is 1. The van der Waals surface area contributed by atoms with E-state index in [0.717, 1.165) is 36.8 Å². The highest BCUT2D eigenvalue weighted by molar-refractivity contribution is 7.13. The lowest BCUT2D eigenvalue weighted by molar-refractivity contribution is 0.0983. The summed E-state index contributed by atoms with van der Waals surface area (Å²) >= 11 is 1.58. The van der Waals surface area contributed by atoms with Gasteiger partial charge in [0.2, 0.25) is 0 Å². The molecular formula is C12H20N4O2S. The Kier molecular flexibility index (Phi) is 4.98. The second kappa shape index (κ2) is 6.72. The number of carbonyl (C=O) groups excluding carboxylic acids is 1. The molecule has 1 saturated heterocycles. The predicted octanol–water partition coefficient (Wildman–Crippen LogP) is 1.63. The zero-order chi connectivity index (χ0) is 13.7. The molecule has 6 nitrogen and oxygen atoms in total. The number of anilines is 1. The van der Waals surface area contributed by atoms with Gasteiger partial charge in [-0.15, -0.1) is 11.3 Å². The lowest BCUT2D eigenvalue weighted by atomic mass is 10.1. The summed E-state index contributed by atoms with van der Waals surface area (Å²) in [6.07, 6.45) is 1.62. The fourth-order valence-electron chi connectivity index (χ4n) is 2.06. The molecule has 0 unspecified atom stereocenters. The Labute approximate surface area is 116 Å². The Hall–Kier alpha value is -1.34. The van der Waals surface area contributed by atoms with Crippen LogP contribution in [0.25, 0.3) is 0 Å². The summed E-state index contributed by atoms with van der Waals surface area (Å²) < 4.78 is 5.00. The van der Waals surface area contributed by atoms with Crippen molar-refractivity contribution in [1.29, 1.82) is 0 Å². The van der Waals surface area contributed by atoms with Gasteiger partial charge in [-0.2, -0.15) is 0 Å². The highest BCUT2D eigenvalue weighted by atomic mass is 32.1. The number of hydrogen-bond acceptors (Lipinski definition) is 6. The van der Waals surface area contributed by atoms with Gasteiger partial charge >= 0.3 is 6.09 Å². The highest BCUT2D eigenvalue weighted by Gasteiger charge is 2.23.